The van der Waals surface area contributed by atoms with Crippen LogP contribution in [-0.4, -0.2) is 23.7 Å². The Morgan fingerprint density at radius 3 is 2.50 bits per heavy atom. The molecule has 0 bridgehead atoms. The maximum atomic E-state index is 12.5. The van der Waals surface area contributed by atoms with Gasteiger partial charge in [-0.3, -0.25) is 4.79 Å². The van der Waals surface area contributed by atoms with E-state index < -0.39 is 22.9 Å². The van der Waals surface area contributed by atoms with Gasteiger partial charge in [-0.25, -0.2) is 0 Å². The van der Waals surface area contributed by atoms with E-state index in [2.05, 4.69) is 0 Å². The first-order valence-corrected chi connectivity index (χ1v) is 5.52. The second-order valence-corrected chi connectivity index (χ2v) is 4.43. The van der Waals surface area contributed by atoms with E-state index in [1.165, 1.54) is 11.0 Å². The van der Waals surface area contributed by atoms with Crippen molar-refractivity contribution in [1.82, 2.24) is 0 Å². The predicted octanol–water partition coefficient (Wildman–Crippen LogP) is 2.46. The van der Waals surface area contributed by atoms with Crippen LogP contribution >= 0.6 is 11.6 Å². The lowest BCUT2D eigenvalue weighted by Gasteiger charge is -2.17. The molecule has 1 aromatic carbocycles. The SMILES string of the molecule is O=C1CC(O)CN1c1ccc(C(F)(F)F)c(Cl)c1. The quantitative estimate of drug-likeness (QED) is 0.858. The van der Waals surface area contributed by atoms with Gasteiger partial charge in [-0.05, 0) is 18.2 Å². The summed E-state index contributed by atoms with van der Waals surface area (Å²) in [6.45, 7) is 0.0700. The molecule has 1 fully saturated rings. The van der Waals surface area contributed by atoms with E-state index in [1.54, 1.807) is 0 Å². The van der Waals surface area contributed by atoms with Crippen LogP contribution in [0.1, 0.15) is 12.0 Å². The topological polar surface area (TPSA) is 40.5 Å². The number of carbonyl (C=O) groups is 1. The van der Waals surface area contributed by atoms with E-state index in [4.69, 9.17) is 11.6 Å². The van der Waals surface area contributed by atoms with Gasteiger partial charge in [0, 0.05) is 5.69 Å². The summed E-state index contributed by atoms with van der Waals surface area (Å²) in [7, 11) is 0. The highest BCUT2D eigenvalue weighted by Gasteiger charge is 2.34. The monoisotopic (exact) mass is 279 g/mol. The zero-order valence-electron chi connectivity index (χ0n) is 9.04. The number of aliphatic hydroxyl groups excluding tert-OH is 1. The van der Waals surface area contributed by atoms with Crippen LogP contribution in [0, 0.1) is 0 Å². The van der Waals surface area contributed by atoms with Gasteiger partial charge in [-0.2, -0.15) is 13.2 Å². The lowest BCUT2D eigenvalue weighted by molar-refractivity contribution is -0.137. The molecule has 1 amide bonds. The van der Waals surface area contributed by atoms with Gasteiger partial charge in [0.2, 0.25) is 5.91 Å². The summed E-state index contributed by atoms with van der Waals surface area (Å²) in [5.41, 5.74) is -0.685. The molecular formula is C11H9ClF3NO2. The van der Waals surface area contributed by atoms with Gasteiger partial charge in [0.05, 0.1) is 29.7 Å². The van der Waals surface area contributed by atoms with Crippen LogP contribution in [0.25, 0.3) is 0 Å². The molecule has 1 unspecified atom stereocenters. The third-order valence-electron chi connectivity index (χ3n) is 2.67. The first kappa shape index (κ1) is 13.2. The van der Waals surface area contributed by atoms with Crippen molar-refractivity contribution < 1.29 is 23.1 Å². The molecule has 1 atom stereocenters. The van der Waals surface area contributed by atoms with Gasteiger partial charge in [0.25, 0.3) is 0 Å². The molecule has 1 saturated heterocycles. The second-order valence-electron chi connectivity index (χ2n) is 4.02. The number of rotatable bonds is 1. The standard InChI is InChI=1S/C11H9ClF3NO2/c12-9-3-6(1-2-8(9)11(13,14)15)16-5-7(17)4-10(16)18/h1-3,7,17H,4-5H2. The molecule has 0 radical (unpaired) electrons. The van der Waals surface area contributed by atoms with Crippen molar-refractivity contribution in [2.24, 2.45) is 0 Å². The van der Waals surface area contributed by atoms with E-state index in [0.717, 1.165) is 12.1 Å². The number of amides is 1. The summed E-state index contributed by atoms with van der Waals surface area (Å²) in [4.78, 5) is 12.7. The largest absolute Gasteiger partial charge is 0.417 e. The summed E-state index contributed by atoms with van der Waals surface area (Å²) in [5, 5.41) is 8.85. The predicted molar refractivity (Wildman–Crippen MR) is 59.4 cm³/mol. The number of anilines is 1. The minimum Gasteiger partial charge on any atom is -0.391 e. The van der Waals surface area contributed by atoms with E-state index in [1.807, 2.05) is 0 Å². The molecule has 1 aromatic rings. The smallest absolute Gasteiger partial charge is 0.391 e. The van der Waals surface area contributed by atoms with Gasteiger partial charge in [-0.1, -0.05) is 11.6 Å². The van der Waals surface area contributed by atoms with Crippen molar-refractivity contribution in [2.75, 3.05) is 11.4 Å². The van der Waals surface area contributed by atoms with Crippen LogP contribution in [0.15, 0.2) is 18.2 Å². The van der Waals surface area contributed by atoms with Crippen LogP contribution in [0.5, 0.6) is 0 Å². The number of hydrogen-bond donors (Lipinski definition) is 1. The molecular weight excluding hydrogens is 271 g/mol. The zero-order valence-corrected chi connectivity index (χ0v) is 9.79. The molecule has 98 valence electrons. The van der Waals surface area contributed by atoms with Crippen molar-refractivity contribution in [3.05, 3.63) is 28.8 Å². The van der Waals surface area contributed by atoms with E-state index >= 15 is 0 Å². The van der Waals surface area contributed by atoms with E-state index in [9.17, 15) is 23.1 Å². The number of halogens is 4. The zero-order chi connectivity index (χ0) is 13.5. The third-order valence-corrected chi connectivity index (χ3v) is 2.99. The van der Waals surface area contributed by atoms with Gasteiger partial charge in [-0.15, -0.1) is 0 Å². The first-order chi connectivity index (χ1) is 8.29. The Hall–Kier alpha value is -1.27. The number of hydrogen-bond acceptors (Lipinski definition) is 2. The molecule has 1 N–H and O–H groups in total. The van der Waals surface area contributed by atoms with Crippen LogP contribution in [0.3, 0.4) is 0 Å². The second kappa shape index (κ2) is 4.44. The fourth-order valence-electron chi connectivity index (χ4n) is 1.84. The van der Waals surface area contributed by atoms with Crippen LogP contribution in [0.2, 0.25) is 5.02 Å². The molecule has 1 aliphatic heterocycles. The maximum absolute atomic E-state index is 12.5. The number of carbonyl (C=O) groups excluding carboxylic acids is 1. The number of alkyl halides is 3. The molecule has 0 aromatic heterocycles. The normalized spacial score (nSPS) is 20.6. The van der Waals surface area contributed by atoms with Gasteiger partial charge < -0.3 is 10.0 Å². The molecule has 7 heteroatoms. The summed E-state index contributed by atoms with van der Waals surface area (Å²) in [6.07, 6.45) is -5.35. The molecule has 2 rings (SSSR count). The van der Waals surface area contributed by atoms with Gasteiger partial charge in [0.1, 0.15) is 0 Å². The minimum absolute atomic E-state index is 0.0291. The molecule has 1 aliphatic rings. The summed E-state index contributed by atoms with van der Waals surface area (Å²) in [5.74, 6) is -0.335. The van der Waals surface area contributed by atoms with Crippen molar-refractivity contribution in [2.45, 2.75) is 18.7 Å². The lowest BCUT2D eigenvalue weighted by Crippen LogP contribution is -2.25. The number of aliphatic hydroxyl groups is 1. The van der Waals surface area contributed by atoms with Crippen LogP contribution in [0.4, 0.5) is 18.9 Å². The molecule has 3 nitrogen and oxygen atoms in total. The highest BCUT2D eigenvalue weighted by Crippen LogP contribution is 2.37. The number of nitrogens with zero attached hydrogens (tertiary/aromatic N) is 1. The lowest BCUT2D eigenvalue weighted by atomic mass is 10.2. The van der Waals surface area contributed by atoms with E-state index in [-0.39, 0.29) is 24.6 Å². The Labute approximate surface area is 106 Å². The Kier molecular flexibility index (Phi) is 3.25. The highest BCUT2D eigenvalue weighted by molar-refractivity contribution is 6.31. The van der Waals surface area contributed by atoms with Gasteiger partial charge >= 0.3 is 6.18 Å². The Bertz CT molecular complexity index is 490. The summed E-state index contributed by atoms with van der Waals surface area (Å²) >= 11 is 5.56. The van der Waals surface area contributed by atoms with Crippen molar-refractivity contribution in [1.29, 1.82) is 0 Å². The average Bonchev–Trinajstić information content (AvgIpc) is 2.55. The Balaban J connectivity index is 2.32. The molecule has 1 heterocycles. The number of β-amino-alcohol motifs (C(OH)–C–C–N with tert-alkyl or cyclic N) is 1. The average molecular weight is 280 g/mol. The van der Waals surface area contributed by atoms with Crippen molar-refractivity contribution in [3.8, 4) is 0 Å². The van der Waals surface area contributed by atoms with Crippen molar-refractivity contribution in [3.63, 3.8) is 0 Å². The molecule has 18 heavy (non-hydrogen) atoms. The fourth-order valence-corrected chi connectivity index (χ4v) is 2.12. The molecule has 0 spiro atoms. The van der Waals surface area contributed by atoms with Crippen molar-refractivity contribution >= 4 is 23.2 Å². The van der Waals surface area contributed by atoms with Gasteiger partial charge in [0.15, 0.2) is 0 Å². The molecule has 0 saturated carbocycles. The summed E-state index contributed by atoms with van der Waals surface area (Å²) in [6, 6.07) is 3.08. The van der Waals surface area contributed by atoms with Crippen LogP contribution < -0.4 is 4.90 Å². The highest BCUT2D eigenvalue weighted by atomic mass is 35.5. The summed E-state index contributed by atoms with van der Waals surface area (Å²) < 4.78 is 37.5. The fraction of sp³-hybridized carbons (Fsp3) is 0.364. The van der Waals surface area contributed by atoms with Crippen LogP contribution in [-0.2, 0) is 11.0 Å². The third kappa shape index (κ3) is 2.44. The Morgan fingerprint density at radius 1 is 1.39 bits per heavy atom. The molecule has 0 aliphatic carbocycles. The maximum Gasteiger partial charge on any atom is 0.417 e. The minimum atomic E-state index is -4.52. The Morgan fingerprint density at radius 2 is 2.06 bits per heavy atom. The number of benzene rings is 1. The first-order valence-electron chi connectivity index (χ1n) is 5.14. The van der Waals surface area contributed by atoms with E-state index in [0.29, 0.717) is 0 Å².